The van der Waals surface area contributed by atoms with Crippen LogP contribution >= 0.6 is 11.8 Å². The minimum atomic E-state index is 0.158. The summed E-state index contributed by atoms with van der Waals surface area (Å²) in [5.41, 5.74) is 3.17. The molecule has 0 spiro atoms. The predicted octanol–water partition coefficient (Wildman–Crippen LogP) is 2.91. The second-order valence-electron chi connectivity index (χ2n) is 4.63. The van der Waals surface area contributed by atoms with Crippen LogP contribution in [0.1, 0.15) is 35.3 Å². The van der Waals surface area contributed by atoms with Crippen molar-refractivity contribution in [3.63, 3.8) is 0 Å². The van der Waals surface area contributed by atoms with Gasteiger partial charge in [-0.1, -0.05) is 37.7 Å². The Balaban J connectivity index is 2.14. The fourth-order valence-corrected chi connectivity index (χ4v) is 2.79. The molecule has 0 aliphatic rings. The zero-order valence-electron chi connectivity index (χ0n) is 12.1. The fourth-order valence-electron chi connectivity index (χ4n) is 2.02. The van der Waals surface area contributed by atoms with Crippen LogP contribution in [0.3, 0.4) is 0 Å². The molecule has 4 nitrogen and oxygen atoms in total. The van der Waals surface area contributed by atoms with Crippen molar-refractivity contribution in [1.82, 2.24) is 14.8 Å². The van der Waals surface area contributed by atoms with E-state index in [0.717, 1.165) is 29.1 Å². The van der Waals surface area contributed by atoms with E-state index >= 15 is 0 Å². The molecule has 0 aliphatic heterocycles. The lowest BCUT2D eigenvalue weighted by molar-refractivity contribution is 0.102. The van der Waals surface area contributed by atoms with Gasteiger partial charge in [0.25, 0.3) is 0 Å². The highest BCUT2D eigenvalue weighted by Crippen LogP contribution is 2.19. The van der Waals surface area contributed by atoms with Crippen LogP contribution in [0.2, 0.25) is 0 Å². The molecule has 0 atom stereocenters. The zero-order chi connectivity index (χ0) is 14.5. The molecule has 0 N–H and O–H groups in total. The van der Waals surface area contributed by atoms with Crippen molar-refractivity contribution in [2.24, 2.45) is 7.05 Å². The van der Waals surface area contributed by atoms with Gasteiger partial charge in [-0.3, -0.25) is 4.79 Å². The number of nitrogens with zero attached hydrogens (tertiary/aromatic N) is 3. The van der Waals surface area contributed by atoms with E-state index in [-0.39, 0.29) is 5.78 Å². The molecule has 0 amide bonds. The molecule has 0 bridgehead atoms. The minimum absolute atomic E-state index is 0.158. The summed E-state index contributed by atoms with van der Waals surface area (Å²) in [4.78, 5) is 12.4. The minimum Gasteiger partial charge on any atom is -0.312 e. The largest absolute Gasteiger partial charge is 0.312 e. The third-order valence-electron chi connectivity index (χ3n) is 3.27. The van der Waals surface area contributed by atoms with Crippen LogP contribution in [0.25, 0.3) is 0 Å². The summed E-state index contributed by atoms with van der Waals surface area (Å²) >= 11 is 1.43. The number of carbonyl (C=O) groups excluding carboxylic acids is 1. The molecule has 0 fully saturated rings. The first-order chi connectivity index (χ1) is 9.65. The fraction of sp³-hybridized carbons (Fsp3) is 0.400. The smallest absolute Gasteiger partial charge is 0.191 e. The van der Waals surface area contributed by atoms with Crippen molar-refractivity contribution >= 4 is 17.5 Å². The number of carbonyl (C=O) groups is 1. The standard InChI is InChI=1S/C15H19N3OS/c1-4-11-6-7-12(5-2)13(8-11)14(19)9-20-15-17-16-10-18(15)3/h6-8,10H,4-5,9H2,1-3H3. The number of benzene rings is 1. The number of rotatable bonds is 6. The number of Topliss-reactive ketones (excluding diaryl/α,β-unsaturated/α-hetero) is 1. The van der Waals surface area contributed by atoms with E-state index in [4.69, 9.17) is 0 Å². The monoisotopic (exact) mass is 289 g/mol. The summed E-state index contributed by atoms with van der Waals surface area (Å²) in [6.07, 6.45) is 3.46. The molecule has 1 aromatic heterocycles. The Bertz CT molecular complexity index is 607. The van der Waals surface area contributed by atoms with Crippen molar-refractivity contribution in [2.45, 2.75) is 31.8 Å². The van der Waals surface area contributed by atoms with Gasteiger partial charge in [0.05, 0.1) is 5.75 Å². The molecule has 0 unspecified atom stereocenters. The molecule has 0 saturated carbocycles. The van der Waals surface area contributed by atoms with Crippen LogP contribution in [0.15, 0.2) is 29.7 Å². The van der Waals surface area contributed by atoms with E-state index in [1.807, 2.05) is 17.7 Å². The van der Waals surface area contributed by atoms with Crippen LogP contribution in [0.4, 0.5) is 0 Å². The van der Waals surface area contributed by atoms with Gasteiger partial charge in [-0.15, -0.1) is 10.2 Å². The Labute approximate surface area is 123 Å². The van der Waals surface area contributed by atoms with E-state index in [9.17, 15) is 4.79 Å². The van der Waals surface area contributed by atoms with Crippen LogP contribution in [0, 0.1) is 0 Å². The number of aryl methyl sites for hydroxylation is 3. The number of ketones is 1. The molecular formula is C15H19N3OS. The van der Waals surface area contributed by atoms with Crippen LogP contribution in [-0.4, -0.2) is 26.3 Å². The van der Waals surface area contributed by atoms with Gasteiger partial charge in [0.15, 0.2) is 10.9 Å². The van der Waals surface area contributed by atoms with Crippen molar-refractivity contribution in [2.75, 3.05) is 5.75 Å². The van der Waals surface area contributed by atoms with Crippen molar-refractivity contribution in [3.05, 3.63) is 41.2 Å². The highest BCUT2D eigenvalue weighted by atomic mass is 32.2. The lowest BCUT2D eigenvalue weighted by Gasteiger charge is -2.09. The maximum absolute atomic E-state index is 12.4. The van der Waals surface area contributed by atoms with E-state index in [1.54, 1.807) is 6.33 Å². The third-order valence-corrected chi connectivity index (χ3v) is 4.30. The maximum atomic E-state index is 12.4. The molecule has 1 aromatic carbocycles. The molecule has 2 aromatic rings. The number of thioether (sulfide) groups is 1. The topological polar surface area (TPSA) is 47.8 Å². The maximum Gasteiger partial charge on any atom is 0.191 e. The lowest BCUT2D eigenvalue weighted by Crippen LogP contribution is -2.08. The SMILES string of the molecule is CCc1ccc(CC)c(C(=O)CSc2nncn2C)c1. The summed E-state index contributed by atoms with van der Waals surface area (Å²) in [6.45, 7) is 4.18. The normalized spacial score (nSPS) is 10.8. The summed E-state index contributed by atoms with van der Waals surface area (Å²) in [5.74, 6) is 0.553. The van der Waals surface area contributed by atoms with E-state index in [1.165, 1.54) is 17.3 Å². The van der Waals surface area contributed by atoms with Crippen LogP contribution in [-0.2, 0) is 19.9 Å². The van der Waals surface area contributed by atoms with Gasteiger partial charge in [0, 0.05) is 12.6 Å². The van der Waals surface area contributed by atoms with Gasteiger partial charge < -0.3 is 4.57 Å². The molecule has 5 heteroatoms. The summed E-state index contributed by atoms with van der Waals surface area (Å²) in [5, 5.41) is 8.56. The van der Waals surface area contributed by atoms with Gasteiger partial charge >= 0.3 is 0 Å². The van der Waals surface area contributed by atoms with E-state index in [0.29, 0.717) is 5.75 Å². The van der Waals surface area contributed by atoms with Crippen molar-refractivity contribution in [1.29, 1.82) is 0 Å². The molecule has 0 saturated heterocycles. The highest BCUT2D eigenvalue weighted by molar-refractivity contribution is 7.99. The van der Waals surface area contributed by atoms with Crippen molar-refractivity contribution in [3.8, 4) is 0 Å². The molecule has 20 heavy (non-hydrogen) atoms. The zero-order valence-corrected chi connectivity index (χ0v) is 12.9. The molecule has 2 rings (SSSR count). The quantitative estimate of drug-likeness (QED) is 0.606. The Morgan fingerprint density at radius 3 is 2.70 bits per heavy atom. The van der Waals surface area contributed by atoms with Gasteiger partial charge in [0.1, 0.15) is 6.33 Å². The third kappa shape index (κ3) is 3.28. The Hall–Kier alpha value is -1.62. The van der Waals surface area contributed by atoms with Gasteiger partial charge in [-0.2, -0.15) is 0 Å². The van der Waals surface area contributed by atoms with E-state index in [2.05, 4.69) is 36.2 Å². The van der Waals surface area contributed by atoms with Crippen LogP contribution < -0.4 is 0 Å². The first-order valence-electron chi connectivity index (χ1n) is 6.77. The van der Waals surface area contributed by atoms with Gasteiger partial charge in [0.2, 0.25) is 0 Å². The van der Waals surface area contributed by atoms with Gasteiger partial charge in [-0.05, 0) is 30.0 Å². The van der Waals surface area contributed by atoms with Crippen molar-refractivity contribution < 1.29 is 4.79 Å². The summed E-state index contributed by atoms with van der Waals surface area (Å²) in [7, 11) is 1.88. The molecular weight excluding hydrogens is 270 g/mol. The highest BCUT2D eigenvalue weighted by Gasteiger charge is 2.13. The van der Waals surface area contributed by atoms with Gasteiger partial charge in [-0.25, -0.2) is 0 Å². The molecule has 0 aliphatic carbocycles. The molecule has 0 radical (unpaired) electrons. The Morgan fingerprint density at radius 2 is 2.10 bits per heavy atom. The average Bonchev–Trinajstić information content (AvgIpc) is 2.89. The summed E-state index contributed by atoms with van der Waals surface area (Å²) < 4.78 is 1.82. The van der Waals surface area contributed by atoms with Crippen LogP contribution in [0.5, 0.6) is 0 Å². The first-order valence-corrected chi connectivity index (χ1v) is 7.76. The second kappa shape index (κ2) is 6.70. The summed E-state index contributed by atoms with van der Waals surface area (Å²) in [6, 6.07) is 6.20. The average molecular weight is 289 g/mol. The molecule has 106 valence electrons. The molecule has 1 heterocycles. The predicted molar refractivity (Wildman–Crippen MR) is 81.3 cm³/mol. The second-order valence-corrected chi connectivity index (χ2v) is 5.58. The van der Waals surface area contributed by atoms with E-state index < -0.39 is 0 Å². The number of aromatic nitrogens is 3. The number of hydrogen-bond acceptors (Lipinski definition) is 4. The number of hydrogen-bond donors (Lipinski definition) is 0. The Kier molecular flexibility index (Phi) is 4.95. The Morgan fingerprint density at radius 1 is 1.30 bits per heavy atom. The first kappa shape index (κ1) is 14.8. The lowest BCUT2D eigenvalue weighted by atomic mass is 9.98.